The minimum atomic E-state index is -0.285. The predicted octanol–water partition coefficient (Wildman–Crippen LogP) is 4.32. The molecule has 0 saturated heterocycles. The van der Waals surface area contributed by atoms with Crippen LogP contribution in [0.3, 0.4) is 0 Å². The van der Waals surface area contributed by atoms with Crippen LogP contribution >= 0.6 is 15.9 Å². The summed E-state index contributed by atoms with van der Waals surface area (Å²) in [5.41, 5.74) is 0.998. The van der Waals surface area contributed by atoms with Crippen molar-refractivity contribution in [1.82, 2.24) is 0 Å². The summed E-state index contributed by atoms with van der Waals surface area (Å²) >= 11 is 3.67. The molecule has 2 rings (SSSR count). The van der Waals surface area contributed by atoms with Gasteiger partial charge in [0.05, 0.1) is 7.11 Å². The van der Waals surface area contributed by atoms with Gasteiger partial charge in [0.25, 0.3) is 0 Å². The summed E-state index contributed by atoms with van der Waals surface area (Å²) in [5.74, 6) is 1.39. The van der Waals surface area contributed by atoms with Crippen LogP contribution in [0.2, 0.25) is 0 Å². The van der Waals surface area contributed by atoms with Crippen molar-refractivity contribution >= 4 is 15.9 Å². The van der Waals surface area contributed by atoms with Gasteiger partial charge in [0.2, 0.25) is 0 Å². The number of ether oxygens (including phenoxy) is 1. The fraction of sp³-hybridized carbons (Fsp3) is 0.538. The fourth-order valence-electron chi connectivity index (χ4n) is 2.02. The standard InChI is InChI=1S/C13H16BrFO/c1-8(9-3-4-9)13(14)10-5-6-12(16-2)11(15)7-10/h5-9,13H,3-4H2,1-2H3. The Bertz CT molecular complexity index is 376. The largest absolute Gasteiger partial charge is 0.494 e. The third-order valence-electron chi connectivity index (χ3n) is 3.32. The molecule has 0 amide bonds. The van der Waals surface area contributed by atoms with E-state index in [0.29, 0.717) is 11.7 Å². The molecule has 16 heavy (non-hydrogen) atoms. The van der Waals surface area contributed by atoms with Crippen molar-refractivity contribution in [3.8, 4) is 5.75 Å². The van der Waals surface area contributed by atoms with Crippen LogP contribution in [0.5, 0.6) is 5.75 Å². The monoisotopic (exact) mass is 286 g/mol. The van der Waals surface area contributed by atoms with Crippen LogP contribution < -0.4 is 4.74 Å². The second-order valence-corrected chi connectivity index (χ2v) is 5.48. The lowest BCUT2D eigenvalue weighted by atomic mass is 9.96. The van der Waals surface area contributed by atoms with Gasteiger partial charge < -0.3 is 4.74 Å². The highest BCUT2D eigenvalue weighted by Crippen LogP contribution is 2.46. The lowest BCUT2D eigenvalue weighted by Crippen LogP contribution is -2.06. The zero-order valence-corrected chi connectivity index (χ0v) is 11.1. The van der Waals surface area contributed by atoms with Crippen molar-refractivity contribution in [1.29, 1.82) is 0 Å². The van der Waals surface area contributed by atoms with E-state index < -0.39 is 0 Å². The summed E-state index contributed by atoms with van der Waals surface area (Å²) in [6, 6.07) is 5.19. The number of halogens is 2. The number of hydrogen-bond donors (Lipinski definition) is 0. The molecule has 0 N–H and O–H groups in total. The molecule has 1 nitrogen and oxygen atoms in total. The van der Waals surface area contributed by atoms with E-state index in [9.17, 15) is 4.39 Å². The molecule has 1 aromatic rings. The quantitative estimate of drug-likeness (QED) is 0.749. The first-order chi connectivity index (χ1) is 7.63. The number of alkyl halides is 1. The van der Waals surface area contributed by atoms with Gasteiger partial charge in [0, 0.05) is 4.83 Å². The molecule has 0 aliphatic heterocycles. The van der Waals surface area contributed by atoms with E-state index in [1.165, 1.54) is 20.0 Å². The predicted molar refractivity (Wildman–Crippen MR) is 66.5 cm³/mol. The molecule has 1 aromatic carbocycles. The van der Waals surface area contributed by atoms with Crippen LogP contribution in [0.1, 0.15) is 30.2 Å². The van der Waals surface area contributed by atoms with Crippen molar-refractivity contribution in [3.05, 3.63) is 29.6 Å². The molecule has 1 saturated carbocycles. The van der Waals surface area contributed by atoms with E-state index in [1.54, 1.807) is 12.1 Å². The average molecular weight is 287 g/mol. The molecule has 0 spiro atoms. The van der Waals surface area contributed by atoms with Crippen LogP contribution in [0.4, 0.5) is 4.39 Å². The second-order valence-electron chi connectivity index (χ2n) is 4.49. The Kier molecular flexibility index (Phi) is 3.53. The maximum absolute atomic E-state index is 13.5. The van der Waals surface area contributed by atoms with Crippen molar-refractivity contribution in [2.75, 3.05) is 7.11 Å². The Morgan fingerprint density at radius 3 is 2.62 bits per heavy atom. The SMILES string of the molecule is COc1ccc(C(Br)C(C)C2CC2)cc1F. The zero-order chi connectivity index (χ0) is 11.7. The Morgan fingerprint density at radius 2 is 2.12 bits per heavy atom. The van der Waals surface area contributed by atoms with E-state index in [-0.39, 0.29) is 10.6 Å². The molecule has 88 valence electrons. The van der Waals surface area contributed by atoms with Gasteiger partial charge in [-0.2, -0.15) is 0 Å². The summed E-state index contributed by atoms with van der Waals surface area (Å²) in [5, 5.41) is 0. The van der Waals surface area contributed by atoms with Crippen molar-refractivity contribution in [3.63, 3.8) is 0 Å². The summed E-state index contributed by atoms with van der Waals surface area (Å²) in [7, 11) is 1.48. The Labute approximate surface area is 104 Å². The first-order valence-corrected chi connectivity index (χ1v) is 6.52. The number of benzene rings is 1. The molecular formula is C13H16BrFO. The maximum atomic E-state index is 13.5. The number of hydrogen-bond acceptors (Lipinski definition) is 1. The van der Waals surface area contributed by atoms with Crippen LogP contribution in [-0.4, -0.2) is 7.11 Å². The van der Waals surface area contributed by atoms with Crippen molar-refractivity contribution in [2.24, 2.45) is 11.8 Å². The van der Waals surface area contributed by atoms with Crippen molar-refractivity contribution < 1.29 is 9.13 Å². The molecule has 0 radical (unpaired) electrons. The van der Waals surface area contributed by atoms with Gasteiger partial charge >= 0.3 is 0 Å². The summed E-state index contributed by atoms with van der Waals surface area (Å²) in [6.07, 6.45) is 2.61. The first-order valence-electron chi connectivity index (χ1n) is 5.61. The van der Waals surface area contributed by atoms with Gasteiger partial charge in [-0.1, -0.05) is 28.9 Å². The maximum Gasteiger partial charge on any atom is 0.165 e. The zero-order valence-electron chi connectivity index (χ0n) is 9.54. The smallest absolute Gasteiger partial charge is 0.165 e. The molecule has 0 heterocycles. The van der Waals surface area contributed by atoms with Gasteiger partial charge in [0.1, 0.15) is 0 Å². The highest BCUT2D eigenvalue weighted by molar-refractivity contribution is 9.09. The molecule has 2 atom stereocenters. The van der Waals surface area contributed by atoms with Gasteiger partial charge in [-0.3, -0.25) is 0 Å². The van der Waals surface area contributed by atoms with E-state index in [4.69, 9.17) is 4.74 Å². The van der Waals surface area contributed by atoms with Gasteiger partial charge in [-0.15, -0.1) is 0 Å². The third kappa shape index (κ3) is 2.40. The molecule has 1 aliphatic carbocycles. The van der Waals surface area contributed by atoms with Crippen molar-refractivity contribution in [2.45, 2.75) is 24.6 Å². The van der Waals surface area contributed by atoms with E-state index >= 15 is 0 Å². The van der Waals surface area contributed by atoms with Gasteiger partial charge in [0.15, 0.2) is 11.6 Å². The molecule has 0 bridgehead atoms. The van der Waals surface area contributed by atoms with Crippen LogP contribution in [0.15, 0.2) is 18.2 Å². The minimum absolute atomic E-state index is 0.236. The highest BCUT2D eigenvalue weighted by Gasteiger charge is 2.33. The third-order valence-corrected chi connectivity index (χ3v) is 4.68. The Balaban J connectivity index is 2.16. The van der Waals surface area contributed by atoms with Gasteiger partial charge in [-0.25, -0.2) is 4.39 Å². The lowest BCUT2D eigenvalue weighted by Gasteiger charge is -2.18. The average Bonchev–Trinajstić information content (AvgIpc) is 3.11. The molecule has 0 aromatic heterocycles. The summed E-state index contributed by atoms with van der Waals surface area (Å²) in [4.78, 5) is 0.236. The molecule has 3 heteroatoms. The Hall–Kier alpha value is -0.570. The normalized spacial score (nSPS) is 19.2. The molecule has 1 aliphatic rings. The van der Waals surface area contributed by atoms with E-state index in [0.717, 1.165) is 11.5 Å². The molecular weight excluding hydrogens is 271 g/mol. The highest BCUT2D eigenvalue weighted by atomic mass is 79.9. The Morgan fingerprint density at radius 1 is 1.44 bits per heavy atom. The number of rotatable bonds is 4. The first kappa shape index (κ1) is 11.9. The van der Waals surface area contributed by atoms with Crippen LogP contribution in [0, 0.1) is 17.7 Å². The van der Waals surface area contributed by atoms with E-state index in [1.807, 2.05) is 6.07 Å². The van der Waals surface area contributed by atoms with Gasteiger partial charge in [-0.05, 0) is 42.4 Å². The summed E-state index contributed by atoms with van der Waals surface area (Å²) < 4.78 is 18.5. The second kappa shape index (κ2) is 4.74. The number of methoxy groups -OCH3 is 1. The minimum Gasteiger partial charge on any atom is -0.494 e. The fourth-order valence-corrected chi connectivity index (χ4v) is 2.74. The van der Waals surface area contributed by atoms with Crippen LogP contribution in [0.25, 0.3) is 0 Å². The topological polar surface area (TPSA) is 9.23 Å². The molecule has 1 fully saturated rings. The van der Waals surface area contributed by atoms with Crippen LogP contribution in [-0.2, 0) is 0 Å². The lowest BCUT2D eigenvalue weighted by molar-refractivity contribution is 0.385. The summed E-state index contributed by atoms with van der Waals surface area (Å²) in [6.45, 7) is 2.22. The molecule has 2 unspecified atom stereocenters. The van der Waals surface area contributed by atoms with E-state index in [2.05, 4.69) is 22.9 Å².